The van der Waals surface area contributed by atoms with Gasteiger partial charge in [-0.1, -0.05) is 18.9 Å². The molecule has 32 heavy (non-hydrogen) atoms. The number of carbonyl (C=O) groups is 3. The highest BCUT2D eigenvalue weighted by Gasteiger charge is 2.39. The van der Waals surface area contributed by atoms with Crippen LogP contribution in [0.2, 0.25) is 0 Å². The van der Waals surface area contributed by atoms with Gasteiger partial charge in [0.05, 0.1) is 7.11 Å². The van der Waals surface area contributed by atoms with E-state index in [0.29, 0.717) is 24.8 Å². The summed E-state index contributed by atoms with van der Waals surface area (Å²) >= 11 is 0. The van der Waals surface area contributed by atoms with E-state index in [-0.39, 0.29) is 43.3 Å². The molecule has 2 atom stereocenters. The minimum absolute atomic E-state index is 0.100. The summed E-state index contributed by atoms with van der Waals surface area (Å²) in [7, 11) is 1.27. The molecule has 0 radical (unpaired) electrons. The van der Waals surface area contributed by atoms with E-state index in [2.05, 4.69) is 6.58 Å². The predicted octanol–water partition coefficient (Wildman–Crippen LogP) is 3.34. The van der Waals surface area contributed by atoms with Crippen molar-refractivity contribution in [2.45, 2.75) is 57.2 Å². The molecule has 0 bridgehead atoms. The molecule has 2 fully saturated rings. The molecule has 0 N–H and O–H groups in total. The van der Waals surface area contributed by atoms with Crippen LogP contribution in [-0.4, -0.2) is 53.3 Å². The Balaban J connectivity index is 1.76. The van der Waals surface area contributed by atoms with Crippen molar-refractivity contribution >= 4 is 17.8 Å². The number of carbonyl (C=O) groups excluding carboxylic acids is 3. The smallest absolute Gasteiger partial charge is 0.328 e. The van der Waals surface area contributed by atoms with E-state index >= 15 is 0 Å². The molecule has 2 aliphatic rings. The highest BCUT2D eigenvalue weighted by molar-refractivity contribution is 5.86. The van der Waals surface area contributed by atoms with Gasteiger partial charge in [0.2, 0.25) is 11.8 Å². The van der Waals surface area contributed by atoms with Crippen LogP contribution >= 0.6 is 0 Å². The molecule has 3 rings (SSSR count). The Hall–Kier alpha value is -2.84. The Morgan fingerprint density at radius 3 is 2.62 bits per heavy atom. The molecule has 1 aliphatic carbocycles. The quantitative estimate of drug-likeness (QED) is 0.310. The first-order valence-electron chi connectivity index (χ1n) is 10.7. The summed E-state index contributed by atoms with van der Waals surface area (Å²) in [5, 5.41) is 0. The van der Waals surface area contributed by atoms with Crippen LogP contribution in [0.25, 0.3) is 0 Å². The fourth-order valence-electron chi connectivity index (χ4n) is 4.15. The number of ether oxygens (including phenoxy) is 1. The van der Waals surface area contributed by atoms with E-state index in [4.69, 9.17) is 4.74 Å². The third-order valence-corrected chi connectivity index (χ3v) is 6.02. The molecule has 9 heteroatoms. The average molecular weight is 452 g/mol. The normalized spacial score (nSPS) is 19.1. The van der Waals surface area contributed by atoms with E-state index < -0.39 is 35.5 Å². The van der Waals surface area contributed by atoms with Crippen LogP contribution in [-0.2, 0) is 25.7 Å². The molecule has 1 saturated heterocycles. The van der Waals surface area contributed by atoms with Crippen LogP contribution in [0.15, 0.2) is 24.8 Å². The number of likely N-dealkylation sites (tertiary alicyclic amines) is 1. The zero-order valence-corrected chi connectivity index (χ0v) is 18.0. The molecule has 6 nitrogen and oxygen atoms in total. The largest absolute Gasteiger partial charge is 0.467 e. The number of methoxy groups -OCH3 is 1. The first kappa shape index (κ1) is 23.8. The van der Waals surface area contributed by atoms with Gasteiger partial charge in [0, 0.05) is 43.6 Å². The minimum Gasteiger partial charge on any atom is -0.467 e. The van der Waals surface area contributed by atoms with Gasteiger partial charge < -0.3 is 14.5 Å². The maximum atomic E-state index is 14.1. The Morgan fingerprint density at radius 2 is 2.00 bits per heavy atom. The summed E-state index contributed by atoms with van der Waals surface area (Å²) in [5.41, 5.74) is -0.292. The highest BCUT2D eigenvalue weighted by Crippen LogP contribution is 2.35. The van der Waals surface area contributed by atoms with E-state index in [0.717, 1.165) is 18.9 Å². The van der Waals surface area contributed by atoms with Gasteiger partial charge in [0.1, 0.15) is 11.9 Å². The fourth-order valence-corrected chi connectivity index (χ4v) is 4.15. The lowest BCUT2D eigenvalue weighted by atomic mass is 10.0. The third kappa shape index (κ3) is 5.49. The zero-order chi connectivity index (χ0) is 23.4. The van der Waals surface area contributed by atoms with Crippen molar-refractivity contribution in [1.82, 2.24) is 9.80 Å². The molecule has 1 aromatic carbocycles. The van der Waals surface area contributed by atoms with Gasteiger partial charge in [-0.3, -0.25) is 9.59 Å². The van der Waals surface area contributed by atoms with Gasteiger partial charge in [-0.25, -0.2) is 18.0 Å². The molecule has 1 aliphatic heterocycles. The molecule has 174 valence electrons. The summed E-state index contributed by atoms with van der Waals surface area (Å²) in [6.45, 7) is 3.45. The van der Waals surface area contributed by atoms with Crippen molar-refractivity contribution in [2.24, 2.45) is 5.92 Å². The number of hydrogen-bond donors (Lipinski definition) is 0. The lowest BCUT2D eigenvalue weighted by Crippen LogP contribution is -2.48. The average Bonchev–Trinajstić information content (AvgIpc) is 3.52. The lowest BCUT2D eigenvalue weighted by Gasteiger charge is -2.32. The SMILES string of the molecule is C=CCN(C(=O)C[C@@H]1CCC(=O)N1Cc1cc(F)cc(F)c1F)[C@@H](CC1CC1)C(=O)OC. The maximum absolute atomic E-state index is 14.1. The second-order valence-electron chi connectivity index (χ2n) is 8.33. The molecule has 0 aromatic heterocycles. The number of benzene rings is 1. The van der Waals surface area contributed by atoms with Gasteiger partial charge in [-0.2, -0.15) is 0 Å². The first-order valence-corrected chi connectivity index (χ1v) is 10.7. The molecule has 1 heterocycles. The van der Waals surface area contributed by atoms with Crippen molar-refractivity contribution in [1.29, 1.82) is 0 Å². The number of nitrogens with zero attached hydrogens (tertiary/aromatic N) is 2. The van der Waals surface area contributed by atoms with E-state index in [9.17, 15) is 27.6 Å². The monoisotopic (exact) mass is 452 g/mol. The Labute approximate surface area is 185 Å². The molecule has 2 amide bonds. The van der Waals surface area contributed by atoms with Crippen LogP contribution in [0, 0.1) is 23.4 Å². The lowest BCUT2D eigenvalue weighted by molar-refractivity contribution is -0.153. The Kier molecular flexibility index (Phi) is 7.58. The highest BCUT2D eigenvalue weighted by atomic mass is 19.2. The van der Waals surface area contributed by atoms with Crippen LogP contribution in [0.5, 0.6) is 0 Å². The number of esters is 1. The third-order valence-electron chi connectivity index (χ3n) is 6.02. The zero-order valence-electron chi connectivity index (χ0n) is 18.0. The number of amides is 2. The first-order chi connectivity index (χ1) is 15.2. The van der Waals surface area contributed by atoms with Crippen LogP contribution < -0.4 is 0 Å². The molecule has 1 saturated carbocycles. The van der Waals surface area contributed by atoms with Crippen molar-refractivity contribution in [3.05, 3.63) is 47.8 Å². The van der Waals surface area contributed by atoms with Crippen LogP contribution in [0.1, 0.15) is 44.1 Å². The van der Waals surface area contributed by atoms with Crippen LogP contribution in [0.3, 0.4) is 0 Å². The van der Waals surface area contributed by atoms with Crippen molar-refractivity contribution in [3.63, 3.8) is 0 Å². The predicted molar refractivity (Wildman–Crippen MR) is 110 cm³/mol. The van der Waals surface area contributed by atoms with Crippen molar-refractivity contribution in [3.8, 4) is 0 Å². The fraction of sp³-hybridized carbons (Fsp3) is 0.522. The molecule has 1 aromatic rings. The van der Waals surface area contributed by atoms with Crippen molar-refractivity contribution in [2.75, 3.05) is 13.7 Å². The van der Waals surface area contributed by atoms with Crippen molar-refractivity contribution < 1.29 is 32.3 Å². The second-order valence-corrected chi connectivity index (χ2v) is 8.33. The summed E-state index contributed by atoms with van der Waals surface area (Å²) in [4.78, 5) is 40.6. The van der Waals surface area contributed by atoms with Gasteiger partial charge >= 0.3 is 5.97 Å². The summed E-state index contributed by atoms with van der Waals surface area (Å²) in [6, 6.07) is -0.0489. The number of hydrogen-bond acceptors (Lipinski definition) is 4. The molecule has 0 spiro atoms. The minimum atomic E-state index is -1.34. The maximum Gasteiger partial charge on any atom is 0.328 e. The molecular weight excluding hydrogens is 425 g/mol. The molecule has 0 unspecified atom stereocenters. The Bertz CT molecular complexity index is 903. The second kappa shape index (κ2) is 10.2. The van der Waals surface area contributed by atoms with Crippen LogP contribution in [0.4, 0.5) is 13.2 Å². The van der Waals surface area contributed by atoms with Gasteiger partial charge in [0.25, 0.3) is 0 Å². The number of rotatable bonds is 10. The summed E-state index contributed by atoms with van der Waals surface area (Å²) in [6.07, 6.45) is 4.38. The van der Waals surface area contributed by atoms with Gasteiger partial charge in [0.15, 0.2) is 11.6 Å². The standard InChI is InChI=1S/C23H27F3N2O4/c1-3-8-27(19(23(31)32-2)9-14-4-5-14)21(30)12-17-6-7-20(29)28(17)13-15-10-16(24)11-18(25)22(15)26/h3,10-11,14,17,19H,1,4-9,12-13H2,2H3/t17-,19-/m0/s1. The van der Waals surface area contributed by atoms with E-state index in [1.54, 1.807) is 0 Å². The van der Waals surface area contributed by atoms with E-state index in [1.807, 2.05) is 0 Å². The molecular formula is C23H27F3N2O4. The van der Waals surface area contributed by atoms with E-state index in [1.165, 1.54) is 23.0 Å². The number of halogens is 3. The summed E-state index contributed by atoms with van der Waals surface area (Å²) in [5.74, 6) is -4.35. The summed E-state index contributed by atoms with van der Waals surface area (Å²) < 4.78 is 46.2. The van der Waals surface area contributed by atoms with Gasteiger partial charge in [-0.15, -0.1) is 6.58 Å². The Morgan fingerprint density at radius 1 is 1.28 bits per heavy atom. The topological polar surface area (TPSA) is 66.9 Å². The van der Waals surface area contributed by atoms with Gasteiger partial charge in [-0.05, 0) is 24.8 Å².